The molecule has 1 amide bonds. The molecule has 0 bridgehead atoms. The van der Waals surface area contributed by atoms with Crippen LogP contribution < -0.4 is 10.5 Å². The smallest absolute Gasteiger partial charge is 0.271 e. The minimum atomic E-state index is -0.848. The van der Waals surface area contributed by atoms with Crippen molar-refractivity contribution < 1.29 is 14.5 Å². The van der Waals surface area contributed by atoms with E-state index in [1.165, 1.54) is 19.1 Å². The third-order valence-corrected chi connectivity index (χ3v) is 2.13. The maximum atomic E-state index is 10.7. The van der Waals surface area contributed by atoms with Gasteiger partial charge in [-0.2, -0.15) is 0 Å². The summed E-state index contributed by atoms with van der Waals surface area (Å²) in [5.41, 5.74) is 4.85. The highest BCUT2D eigenvalue weighted by molar-refractivity contribution is 6.32. The first-order valence-electron chi connectivity index (χ1n) is 4.31. The number of halogens is 1. The quantitative estimate of drug-likeness (QED) is 0.641. The highest BCUT2D eigenvalue weighted by atomic mass is 35.5. The van der Waals surface area contributed by atoms with E-state index in [4.69, 9.17) is 22.1 Å². The predicted octanol–water partition coefficient (Wildman–Crippen LogP) is 1.50. The molecule has 2 N–H and O–H groups in total. The number of amides is 1. The van der Waals surface area contributed by atoms with Gasteiger partial charge in [0.15, 0.2) is 6.10 Å². The van der Waals surface area contributed by atoms with Crippen LogP contribution in [-0.2, 0) is 4.79 Å². The van der Waals surface area contributed by atoms with Crippen LogP contribution in [-0.4, -0.2) is 16.9 Å². The first-order chi connectivity index (χ1) is 7.41. The van der Waals surface area contributed by atoms with Gasteiger partial charge in [0, 0.05) is 12.1 Å². The Labute approximate surface area is 96.1 Å². The maximum Gasteiger partial charge on any atom is 0.271 e. The van der Waals surface area contributed by atoms with E-state index in [0.29, 0.717) is 0 Å². The Morgan fingerprint density at radius 1 is 1.62 bits per heavy atom. The molecule has 0 saturated carbocycles. The molecular formula is C9H9ClN2O4. The van der Waals surface area contributed by atoms with E-state index in [1.54, 1.807) is 0 Å². The van der Waals surface area contributed by atoms with Crippen LogP contribution in [0.3, 0.4) is 0 Å². The van der Waals surface area contributed by atoms with Crippen LogP contribution in [0.2, 0.25) is 5.02 Å². The largest absolute Gasteiger partial charge is 0.479 e. The maximum absolute atomic E-state index is 10.7. The molecular weight excluding hydrogens is 236 g/mol. The fraction of sp³-hybridized carbons (Fsp3) is 0.222. The van der Waals surface area contributed by atoms with Crippen molar-refractivity contribution >= 4 is 23.2 Å². The lowest BCUT2D eigenvalue weighted by atomic mass is 10.3. The second kappa shape index (κ2) is 4.80. The summed E-state index contributed by atoms with van der Waals surface area (Å²) in [5, 5.41) is 10.5. The number of nitrogens with two attached hydrogens (primary N) is 1. The first-order valence-corrected chi connectivity index (χ1v) is 4.69. The lowest BCUT2D eigenvalue weighted by Gasteiger charge is -2.11. The average Bonchev–Trinajstić information content (AvgIpc) is 2.20. The van der Waals surface area contributed by atoms with E-state index in [1.807, 2.05) is 0 Å². The summed E-state index contributed by atoms with van der Waals surface area (Å²) in [5.74, 6) is -0.465. The summed E-state index contributed by atoms with van der Waals surface area (Å²) >= 11 is 5.74. The number of hydrogen-bond acceptors (Lipinski definition) is 4. The van der Waals surface area contributed by atoms with Gasteiger partial charge in [-0.1, -0.05) is 11.6 Å². The third kappa shape index (κ3) is 2.83. The van der Waals surface area contributed by atoms with Gasteiger partial charge >= 0.3 is 0 Å². The number of non-ortho nitro benzene ring substituents is 1. The van der Waals surface area contributed by atoms with E-state index in [9.17, 15) is 14.9 Å². The van der Waals surface area contributed by atoms with Gasteiger partial charge in [0.05, 0.1) is 9.95 Å². The number of nitro groups is 1. The molecule has 0 saturated heterocycles. The zero-order valence-electron chi connectivity index (χ0n) is 8.34. The van der Waals surface area contributed by atoms with Gasteiger partial charge in [-0.25, -0.2) is 0 Å². The molecule has 0 aliphatic rings. The van der Waals surface area contributed by atoms with Crippen LogP contribution >= 0.6 is 11.6 Å². The van der Waals surface area contributed by atoms with E-state index in [-0.39, 0.29) is 16.5 Å². The number of carbonyl (C=O) groups is 1. The molecule has 0 radical (unpaired) electrons. The molecule has 0 heterocycles. The number of rotatable bonds is 4. The summed E-state index contributed by atoms with van der Waals surface area (Å²) in [6.45, 7) is 1.46. The summed E-state index contributed by atoms with van der Waals surface area (Å²) in [4.78, 5) is 20.6. The summed E-state index contributed by atoms with van der Waals surface area (Å²) in [6.07, 6.45) is -0.848. The van der Waals surface area contributed by atoms with Gasteiger partial charge in [-0.15, -0.1) is 0 Å². The summed E-state index contributed by atoms with van der Waals surface area (Å²) < 4.78 is 5.11. The minimum Gasteiger partial charge on any atom is -0.479 e. The van der Waals surface area contributed by atoms with Crippen molar-refractivity contribution in [3.63, 3.8) is 0 Å². The highest BCUT2D eigenvalue weighted by Gasteiger charge is 2.15. The Balaban J connectivity index is 2.91. The van der Waals surface area contributed by atoms with Crippen molar-refractivity contribution in [3.05, 3.63) is 33.3 Å². The highest BCUT2D eigenvalue weighted by Crippen LogP contribution is 2.29. The van der Waals surface area contributed by atoms with Crippen molar-refractivity contribution in [2.45, 2.75) is 13.0 Å². The van der Waals surface area contributed by atoms with Gasteiger partial charge in [0.2, 0.25) is 0 Å². The van der Waals surface area contributed by atoms with Crippen molar-refractivity contribution in [1.82, 2.24) is 0 Å². The molecule has 1 aromatic rings. The number of ether oxygens (including phenoxy) is 1. The topological polar surface area (TPSA) is 95.5 Å². The number of nitrogens with zero attached hydrogens (tertiary/aromatic N) is 1. The van der Waals surface area contributed by atoms with Gasteiger partial charge in [-0.3, -0.25) is 14.9 Å². The third-order valence-electron chi connectivity index (χ3n) is 1.83. The zero-order valence-corrected chi connectivity index (χ0v) is 9.10. The monoisotopic (exact) mass is 244 g/mol. The second-order valence-electron chi connectivity index (χ2n) is 3.03. The van der Waals surface area contributed by atoms with Crippen molar-refractivity contribution in [1.29, 1.82) is 0 Å². The number of primary amides is 1. The SMILES string of the molecule is C[C@H](Oc1ccc([N+](=O)[O-])cc1Cl)C(N)=O. The van der Waals surface area contributed by atoms with Crippen molar-refractivity contribution in [2.24, 2.45) is 5.73 Å². The average molecular weight is 245 g/mol. The molecule has 7 heteroatoms. The number of hydrogen-bond donors (Lipinski definition) is 1. The molecule has 0 unspecified atom stereocenters. The van der Waals surface area contributed by atoms with Gasteiger partial charge in [-0.05, 0) is 13.0 Å². The first kappa shape index (κ1) is 12.3. The molecule has 1 aromatic carbocycles. The van der Waals surface area contributed by atoms with E-state index in [0.717, 1.165) is 6.07 Å². The van der Waals surface area contributed by atoms with E-state index < -0.39 is 16.9 Å². The van der Waals surface area contributed by atoms with Crippen LogP contribution in [0.1, 0.15) is 6.92 Å². The van der Waals surface area contributed by atoms with E-state index in [2.05, 4.69) is 0 Å². The second-order valence-corrected chi connectivity index (χ2v) is 3.44. The zero-order chi connectivity index (χ0) is 12.3. The molecule has 1 atom stereocenters. The Kier molecular flexibility index (Phi) is 3.68. The Morgan fingerprint density at radius 3 is 2.69 bits per heavy atom. The molecule has 0 aliphatic carbocycles. The molecule has 0 aromatic heterocycles. The molecule has 0 spiro atoms. The lowest BCUT2D eigenvalue weighted by Crippen LogP contribution is -2.30. The summed E-state index contributed by atoms with van der Waals surface area (Å²) in [6, 6.07) is 3.69. The molecule has 0 aliphatic heterocycles. The number of benzene rings is 1. The Bertz CT molecular complexity index is 436. The van der Waals surface area contributed by atoms with Crippen molar-refractivity contribution in [3.8, 4) is 5.75 Å². The molecule has 6 nitrogen and oxygen atoms in total. The van der Waals surface area contributed by atoms with Crippen LogP contribution in [0.25, 0.3) is 0 Å². The lowest BCUT2D eigenvalue weighted by molar-refractivity contribution is -0.384. The molecule has 86 valence electrons. The normalized spacial score (nSPS) is 11.9. The van der Waals surface area contributed by atoms with Crippen molar-refractivity contribution in [2.75, 3.05) is 0 Å². The number of nitro benzene ring substituents is 1. The van der Waals surface area contributed by atoms with Gasteiger partial charge < -0.3 is 10.5 Å². The van der Waals surface area contributed by atoms with Crippen LogP contribution in [0.4, 0.5) is 5.69 Å². The fourth-order valence-electron chi connectivity index (χ4n) is 0.947. The molecule has 16 heavy (non-hydrogen) atoms. The van der Waals surface area contributed by atoms with Gasteiger partial charge in [0.25, 0.3) is 11.6 Å². The standard InChI is InChI=1S/C9H9ClN2O4/c1-5(9(11)13)16-8-3-2-6(12(14)15)4-7(8)10/h2-5H,1H3,(H2,11,13)/t5-/m0/s1. The van der Waals surface area contributed by atoms with E-state index >= 15 is 0 Å². The minimum absolute atomic E-state index is 0.0577. The Hall–Kier alpha value is -1.82. The number of carbonyl (C=O) groups excluding carboxylic acids is 1. The van der Waals surface area contributed by atoms with Crippen LogP contribution in [0.15, 0.2) is 18.2 Å². The summed E-state index contributed by atoms with van der Waals surface area (Å²) in [7, 11) is 0. The van der Waals surface area contributed by atoms with Gasteiger partial charge in [0.1, 0.15) is 5.75 Å². The fourth-order valence-corrected chi connectivity index (χ4v) is 1.17. The van der Waals surface area contributed by atoms with Crippen LogP contribution in [0.5, 0.6) is 5.75 Å². The Morgan fingerprint density at radius 2 is 2.25 bits per heavy atom. The molecule has 0 fully saturated rings. The predicted molar refractivity (Wildman–Crippen MR) is 57.4 cm³/mol. The van der Waals surface area contributed by atoms with Crippen LogP contribution in [0, 0.1) is 10.1 Å². The molecule has 1 rings (SSSR count).